The van der Waals surface area contributed by atoms with E-state index in [-0.39, 0.29) is 6.04 Å². The Hall–Kier alpha value is -0.570. The van der Waals surface area contributed by atoms with Crippen LogP contribution < -0.4 is 5.73 Å². The van der Waals surface area contributed by atoms with Crippen molar-refractivity contribution in [3.8, 4) is 0 Å². The van der Waals surface area contributed by atoms with Crippen LogP contribution in [0, 0.1) is 17.8 Å². The van der Waals surface area contributed by atoms with E-state index in [9.17, 15) is 4.79 Å². The van der Waals surface area contributed by atoms with Gasteiger partial charge >= 0.3 is 0 Å². The molecule has 0 aromatic heterocycles. The van der Waals surface area contributed by atoms with E-state index in [1.54, 1.807) is 0 Å². The fraction of sp³-hybridized carbons (Fsp3) is 0.917. The number of hydrogen-bond donors (Lipinski definition) is 1. The minimum absolute atomic E-state index is 0.222. The van der Waals surface area contributed by atoms with Crippen molar-refractivity contribution in [2.24, 2.45) is 23.5 Å². The smallest absolute Gasteiger partial charge is 0.222 e. The molecule has 2 aliphatic rings. The molecule has 2 fully saturated rings. The van der Waals surface area contributed by atoms with E-state index < -0.39 is 0 Å². The molecule has 2 atom stereocenters. The van der Waals surface area contributed by atoms with E-state index >= 15 is 0 Å². The van der Waals surface area contributed by atoms with Crippen molar-refractivity contribution >= 4 is 5.91 Å². The lowest BCUT2D eigenvalue weighted by Gasteiger charge is -2.21. The molecular formula is C12H22N2O. The van der Waals surface area contributed by atoms with Gasteiger partial charge in [0.1, 0.15) is 0 Å². The number of nitrogens with zero attached hydrogens (tertiary/aromatic N) is 1. The molecule has 3 nitrogen and oxygen atoms in total. The second-order valence-corrected chi connectivity index (χ2v) is 5.51. The van der Waals surface area contributed by atoms with E-state index in [0.717, 1.165) is 19.5 Å². The molecule has 0 bridgehead atoms. The summed E-state index contributed by atoms with van der Waals surface area (Å²) in [5.74, 6) is 2.15. The van der Waals surface area contributed by atoms with Crippen LogP contribution >= 0.6 is 0 Å². The lowest BCUT2D eigenvalue weighted by atomic mass is 9.95. The Labute approximate surface area is 92.0 Å². The summed E-state index contributed by atoms with van der Waals surface area (Å²) >= 11 is 0. The van der Waals surface area contributed by atoms with Gasteiger partial charge in [0.2, 0.25) is 5.91 Å². The van der Waals surface area contributed by atoms with Crippen molar-refractivity contribution in [1.29, 1.82) is 0 Å². The minimum Gasteiger partial charge on any atom is -0.341 e. The zero-order valence-corrected chi connectivity index (χ0v) is 9.78. The van der Waals surface area contributed by atoms with Gasteiger partial charge in [-0.25, -0.2) is 0 Å². The van der Waals surface area contributed by atoms with E-state index in [0.29, 0.717) is 23.7 Å². The summed E-state index contributed by atoms with van der Waals surface area (Å²) in [5, 5.41) is 0. The standard InChI is InChI=1S/C12H22N2O/c1-8(2)10-5-12(15)14(6-10)7-11(13)9-3-4-9/h8-11H,3-7,13H2,1-2H3. The van der Waals surface area contributed by atoms with Crippen molar-refractivity contribution in [3.63, 3.8) is 0 Å². The largest absolute Gasteiger partial charge is 0.341 e. The van der Waals surface area contributed by atoms with Crippen LogP contribution in [0.1, 0.15) is 33.1 Å². The second kappa shape index (κ2) is 4.12. The van der Waals surface area contributed by atoms with Crippen LogP contribution in [-0.4, -0.2) is 29.9 Å². The summed E-state index contributed by atoms with van der Waals surface area (Å²) in [5.41, 5.74) is 6.05. The molecule has 0 aromatic carbocycles. The van der Waals surface area contributed by atoms with E-state index in [2.05, 4.69) is 13.8 Å². The number of carbonyl (C=O) groups excluding carboxylic acids is 1. The lowest BCUT2D eigenvalue weighted by Crippen LogP contribution is -2.39. The third kappa shape index (κ3) is 2.51. The van der Waals surface area contributed by atoms with Crippen molar-refractivity contribution in [2.75, 3.05) is 13.1 Å². The molecule has 2 unspecified atom stereocenters. The molecule has 1 saturated carbocycles. The Morgan fingerprint density at radius 2 is 2.07 bits per heavy atom. The fourth-order valence-corrected chi connectivity index (χ4v) is 2.35. The highest BCUT2D eigenvalue weighted by molar-refractivity contribution is 5.78. The Bertz CT molecular complexity index is 248. The molecule has 0 aromatic rings. The average molecular weight is 210 g/mol. The van der Waals surface area contributed by atoms with Gasteiger partial charge in [-0.05, 0) is 30.6 Å². The van der Waals surface area contributed by atoms with Crippen LogP contribution in [0.4, 0.5) is 0 Å². The quantitative estimate of drug-likeness (QED) is 0.758. The minimum atomic E-state index is 0.222. The van der Waals surface area contributed by atoms with Crippen LogP contribution in [0.3, 0.4) is 0 Å². The molecule has 1 saturated heterocycles. The van der Waals surface area contributed by atoms with E-state index in [1.165, 1.54) is 12.8 Å². The molecule has 1 aliphatic heterocycles. The summed E-state index contributed by atoms with van der Waals surface area (Å²) in [6.07, 6.45) is 3.25. The number of hydrogen-bond acceptors (Lipinski definition) is 2. The normalized spacial score (nSPS) is 28.9. The van der Waals surface area contributed by atoms with Crippen LogP contribution in [0.25, 0.3) is 0 Å². The zero-order chi connectivity index (χ0) is 11.0. The predicted molar refractivity (Wildman–Crippen MR) is 60.2 cm³/mol. The molecule has 0 radical (unpaired) electrons. The van der Waals surface area contributed by atoms with E-state index in [1.807, 2.05) is 4.90 Å². The maximum absolute atomic E-state index is 11.7. The molecule has 0 spiro atoms. The Morgan fingerprint density at radius 3 is 2.53 bits per heavy atom. The van der Waals surface area contributed by atoms with E-state index in [4.69, 9.17) is 5.73 Å². The molecule has 15 heavy (non-hydrogen) atoms. The summed E-state index contributed by atoms with van der Waals surface area (Å²) in [6.45, 7) is 6.11. The van der Waals surface area contributed by atoms with Crippen molar-refractivity contribution in [1.82, 2.24) is 4.90 Å². The number of carbonyl (C=O) groups is 1. The third-order valence-electron chi connectivity index (χ3n) is 3.85. The molecule has 2 N–H and O–H groups in total. The number of amides is 1. The third-order valence-corrected chi connectivity index (χ3v) is 3.85. The van der Waals surface area contributed by atoms with Gasteiger partial charge in [0, 0.05) is 25.6 Å². The van der Waals surface area contributed by atoms with Gasteiger partial charge in [-0.15, -0.1) is 0 Å². The van der Waals surface area contributed by atoms with Gasteiger partial charge in [0.05, 0.1) is 0 Å². The average Bonchev–Trinajstić information content (AvgIpc) is 2.93. The zero-order valence-electron chi connectivity index (χ0n) is 9.78. The van der Waals surface area contributed by atoms with Gasteiger partial charge in [0.15, 0.2) is 0 Å². The van der Waals surface area contributed by atoms with Crippen LogP contribution in [0.15, 0.2) is 0 Å². The molecule has 1 heterocycles. The second-order valence-electron chi connectivity index (χ2n) is 5.51. The summed E-state index contributed by atoms with van der Waals surface area (Å²) < 4.78 is 0. The first kappa shape index (κ1) is 10.9. The van der Waals surface area contributed by atoms with Gasteiger partial charge in [-0.2, -0.15) is 0 Å². The van der Waals surface area contributed by atoms with Gasteiger partial charge in [-0.1, -0.05) is 13.8 Å². The van der Waals surface area contributed by atoms with Crippen molar-refractivity contribution in [3.05, 3.63) is 0 Å². The first-order valence-corrected chi connectivity index (χ1v) is 6.11. The number of nitrogens with two attached hydrogens (primary N) is 1. The van der Waals surface area contributed by atoms with Crippen molar-refractivity contribution < 1.29 is 4.79 Å². The Kier molecular flexibility index (Phi) is 3.01. The van der Waals surface area contributed by atoms with Gasteiger partial charge < -0.3 is 10.6 Å². The van der Waals surface area contributed by atoms with Gasteiger partial charge in [0.25, 0.3) is 0 Å². The SMILES string of the molecule is CC(C)C1CC(=O)N(CC(N)C2CC2)C1. The van der Waals surface area contributed by atoms with Crippen LogP contribution in [0.2, 0.25) is 0 Å². The maximum atomic E-state index is 11.7. The molecular weight excluding hydrogens is 188 g/mol. The molecule has 1 aliphatic carbocycles. The maximum Gasteiger partial charge on any atom is 0.222 e. The summed E-state index contributed by atoms with van der Waals surface area (Å²) in [7, 11) is 0. The first-order chi connectivity index (χ1) is 7.08. The van der Waals surface area contributed by atoms with Gasteiger partial charge in [-0.3, -0.25) is 4.79 Å². The number of rotatable bonds is 4. The topological polar surface area (TPSA) is 46.3 Å². The highest BCUT2D eigenvalue weighted by Crippen LogP contribution is 2.33. The highest BCUT2D eigenvalue weighted by Gasteiger charge is 2.35. The Balaban J connectivity index is 1.84. The van der Waals surface area contributed by atoms with Crippen LogP contribution in [-0.2, 0) is 4.79 Å². The summed E-state index contributed by atoms with van der Waals surface area (Å²) in [6, 6.07) is 0.222. The summed E-state index contributed by atoms with van der Waals surface area (Å²) in [4.78, 5) is 13.7. The van der Waals surface area contributed by atoms with Crippen LogP contribution in [0.5, 0.6) is 0 Å². The number of likely N-dealkylation sites (tertiary alicyclic amines) is 1. The monoisotopic (exact) mass is 210 g/mol. The first-order valence-electron chi connectivity index (χ1n) is 6.11. The molecule has 3 heteroatoms. The highest BCUT2D eigenvalue weighted by atomic mass is 16.2. The molecule has 1 amide bonds. The predicted octanol–water partition coefficient (Wildman–Crippen LogP) is 1.23. The van der Waals surface area contributed by atoms with Crippen molar-refractivity contribution in [2.45, 2.75) is 39.2 Å². The Morgan fingerprint density at radius 1 is 1.40 bits per heavy atom. The molecule has 2 rings (SSSR count). The fourth-order valence-electron chi connectivity index (χ4n) is 2.35. The lowest BCUT2D eigenvalue weighted by molar-refractivity contribution is -0.128. The molecule has 86 valence electrons.